The molecular weight excluding hydrogens is 456 g/mol. The molecule has 0 amide bonds. The van der Waals surface area contributed by atoms with Crippen molar-refractivity contribution >= 4 is 36.2 Å². The van der Waals surface area contributed by atoms with Crippen molar-refractivity contribution in [3.8, 4) is 0 Å². The Labute approximate surface area is 182 Å². The summed E-state index contributed by atoms with van der Waals surface area (Å²) in [4.78, 5) is 23.7. The van der Waals surface area contributed by atoms with Gasteiger partial charge in [-0.05, 0) is 37.2 Å². The smallest absolute Gasteiger partial charge is 0.338 e. The first-order chi connectivity index (χ1) is 13.3. The van der Waals surface area contributed by atoms with Gasteiger partial charge in [-0.25, -0.2) is 4.79 Å². The van der Waals surface area contributed by atoms with E-state index in [1.807, 2.05) is 6.07 Å². The minimum absolute atomic E-state index is 0.0494. The van der Waals surface area contributed by atoms with E-state index in [1.165, 1.54) is 6.92 Å². The zero-order valence-electron chi connectivity index (χ0n) is 18.1. The van der Waals surface area contributed by atoms with Crippen LogP contribution >= 0.6 is 15.9 Å². The molecule has 1 aromatic rings. The van der Waals surface area contributed by atoms with E-state index < -0.39 is 49.7 Å². The van der Waals surface area contributed by atoms with Gasteiger partial charge in [0.1, 0.15) is 10.9 Å². The fraction of sp³-hybridized carbons (Fsp3) is 0.619. The van der Waals surface area contributed by atoms with Crippen LogP contribution in [0.2, 0.25) is 18.1 Å². The van der Waals surface area contributed by atoms with Gasteiger partial charge in [0.05, 0.1) is 11.7 Å². The Balaban J connectivity index is 2.32. The SMILES string of the molecule is CC(=O)O[C@H]1O[C@H](C)[C@@H](OC(=O)c2ccccc2)[C@H](O[Si](C)(C)C(C)(C)C)[C@@H]1Br. The summed E-state index contributed by atoms with van der Waals surface area (Å²) in [5.41, 5.74) is 0.457. The van der Waals surface area contributed by atoms with Crippen LogP contribution in [-0.2, 0) is 23.4 Å². The van der Waals surface area contributed by atoms with Crippen LogP contribution in [0, 0.1) is 0 Å². The van der Waals surface area contributed by atoms with Crippen LogP contribution in [0.25, 0.3) is 0 Å². The number of carbonyl (C=O) groups excluding carboxylic acids is 2. The lowest BCUT2D eigenvalue weighted by Gasteiger charge is -2.47. The van der Waals surface area contributed by atoms with Crippen molar-refractivity contribution < 1.29 is 28.2 Å². The molecule has 1 fully saturated rings. The van der Waals surface area contributed by atoms with Crippen LogP contribution < -0.4 is 0 Å². The average Bonchev–Trinajstić information content (AvgIpc) is 2.61. The van der Waals surface area contributed by atoms with Crippen molar-refractivity contribution in [2.45, 2.75) is 82.2 Å². The van der Waals surface area contributed by atoms with Crippen LogP contribution in [0.1, 0.15) is 45.0 Å². The van der Waals surface area contributed by atoms with E-state index >= 15 is 0 Å². The van der Waals surface area contributed by atoms with Crippen LogP contribution in [0.15, 0.2) is 30.3 Å². The number of ether oxygens (including phenoxy) is 3. The molecule has 1 saturated heterocycles. The molecule has 0 aliphatic carbocycles. The van der Waals surface area contributed by atoms with Gasteiger partial charge >= 0.3 is 11.9 Å². The first-order valence-corrected chi connectivity index (χ1v) is 13.6. The zero-order valence-corrected chi connectivity index (χ0v) is 20.7. The number of halogens is 1. The summed E-state index contributed by atoms with van der Waals surface area (Å²) in [7, 11) is -2.22. The summed E-state index contributed by atoms with van der Waals surface area (Å²) in [5.74, 6) is -0.891. The van der Waals surface area contributed by atoms with Gasteiger partial charge < -0.3 is 18.6 Å². The molecule has 0 saturated carbocycles. The van der Waals surface area contributed by atoms with Gasteiger partial charge in [-0.15, -0.1) is 0 Å². The molecule has 1 aromatic carbocycles. The normalized spacial score (nSPS) is 27.9. The van der Waals surface area contributed by atoms with E-state index in [2.05, 4.69) is 49.8 Å². The predicted octanol–water partition coefficient (Wildman–Crippen LogP) is 4.67. The van der Waals surface area contributed by atoms with Crippen molar-refractivity contribution in [3.63, 3.8) is 0 Å². The molecule has 0 radical (unpaired) electrons. The van der Waals surface area contributed by atoms with Gasteiger partial charge in [0.15, 0.2) is 14.4 Å². The van der Waals surface area contributed by atoms with Gasteiger partial charge in [-0.1, -0.05) is 54.9 Å². The number of rotatable bonds is 5. The predicted molar refractivity (Wildman–Crippen MR) is 117 cm³/mol. The maximum absolute atomic E-state index is 12.7. The first kappa shape index (κ1) is 24.1. The molecule has 8 heteroatoms. The molecule has 0 bridgehead atoms. The zero-order chi connectivity index (χ0) is 22.0. The molecule has 2 rings (SSSR count). The summed E-state index contributed by atoms with van der Waals surface area (Å²) in [6.07, 6.45) is -2.54. The maximum atomic E-state index is 12.7. The highest BCUT2D eigenvalue weighted by Crippen LogP contribution is 2.41. The van der Waals surface area contributed by atoms with Crippen molar-refractivity contribution in [3.05, 3.63) is 35.9 Å². The van der Waals surface area contributed by atoms with Gasteiger partial charge in [0.25, 0.3) is 0 Å². The molecule has 6 nitrogen and oxygen atoms in total. The summed E-state index contributed by atoms with van der Waals surface area (Å²) in [6, 6.07) is 8.81. The second-order valence-electron chi connectivity index (χ2n) is 8.84. The highest BCUT2D eigenvalue weighted by atomic mass is 79.9. The van der Waals surface area contributed by atoms with E-state index in [0.717, 1.165) is 0 Å². The average molecular weight is 487 g/mol. The Kier molecular flexibility index (Phi) is 7.70. The number of carbonyl (C=O) groups is 2. The van der Waals surface area contributed by atoms with Gasteiger partial charge in [-0.3, -0.25) is 4.79 Å². The number of alkyl halides is 1. The molecule has 162 valence electrons. The lowest BCUT2D eigenvalue weighted by Crippen LogP contribution is -2.61. The largest absolute Gasteiger partial charge is 0.453 e. The Bertz CT molecular complexity index is 718. The topological polar surface area (TPSA) is 71.1 Å². The van der Waals surface area contributed by atoms with Crippen molar-refractivity contribution in [1.29, 1.82) is 0 Å². The first-order valence-electron chi connectivity index (χ1n) is 9.74. The third kappa shape index (κ3) is 5.90. The third-order valence-electron chi connectivity index (χ3n) is 5.48. The van der Waals surface area contributed by atoms with E-state index in [1.54, 1.807) is 31.2 Å². The summed E-state index contributed by atoms with van der Waals surface area (Å²) >= 11 is 3.59. The maximum Gasteiger partial charge on any atom is 0.338 e. The summed E-state index contributed by atoms with van der Waals surface area (Å²) < 4.78 is 23.7. The van der Waals surface area contributed by atoms with E-state index in [9.17, 15) is 9.59 Å². The minimum Gasteiger partial charge on any atom is -0.453 e. The monoisotopic (exact) mass is 486 g/mol. The van der Waals surface area contributed by atoms with Crippen molar-refractivity contribution in [2.75, 3.05) is 0 Å². The Morgan fingerprint density at radius 1 is 1.07 bits per heavy atom. The molecule has 1 aliphatic heterocycles. The second-order valence-corrected chi connectivity index (χ2v) is 14.7. The number of hydrogen-bond donors (Lipinski definition) is 0. The van der Waals surface area contributed by atoms with Crippen LogP contribution in [-0.4, -0.2) is 49.7 Å². The van der Waals surface area contributed by atoms with Crippen molar-refractivity contribution in [1.82, 2.24) is 0 Å². The Hall–Kier alpha value is -1.22. The molecule has 1 aliphatic rings. The molecule has 5 atom stereocenters. The van der Waals surface area contributed by atoms with Crippen LogP contribution in [0.5, 0.6) is 0 Å². The number of benzene rings is 1. The van der Waals surface area contributed by atoms with E-state index in [-0.39, 0.29) is 5.04 Å². The van der Waals surface area contributed by atoms with Crippen LogP contribution in [0.4, 0.5) is 0 Å². The highest BCUT2D eigenvalue weighted by molar-refractivity contribution is 9.09. The standard InChI is InChI=1S/C21H31BrO6Si/c1-13-17(27-19(24)15-11-9-8-10-12-15)18(28-29(6,7)21(3,4)5)16(22)20(25-13)26-14(2)23/h8-13,16-18,20H,1-7H3/t13-,16+,17-,18-,20-/m1/s1. The fourth-order valence-electron chi connectivity index (χ4n) is 2.80. The lowest BCUT2D eigenvalue weighted by atomic mass is 10.0. The second kappa shape index (κ2) is 9.28. The van der Waals surface area contributed by atoms with E-state index in [4.69, 9.17) is 18.6 Å². The highest BCUT2D eigenvalue weighted by Gasteiger charge is 2.51. The number of hydrogen-bond acceptors (Lipinski definition) is 6. The molecule has 0 unspecified atom stereocenters. The van der Waals surface area contributed by atoms with E-state index in [0.29, 0.717) is 5.56 Å². The third-order valence-corrected chi connectivity index (χ3v) is 10.9. The molecule has 0 N–H and O–H groups in total. The molecule has 29 heavy (non-hydrogen) atoms. The van der Waals surface area contributed by atoms with Gasteiger partial charge in [0.2, 0.25) is 6.29 Å². The molecule has 0 spiro atoms. The van der Waals surface area contributed by atoms with Crippen LogP contribution in [0.3, 0.4) is 0 Å². The summed E-state index contributed by atoms with van der Waals surface area (Å²) in [5, 5.41) is -0.0494. The van der Waals surface area contributed by atoms with Gasteiger partial charge in [0, 0.05) is 6.92 Å². The quantitative estimate of drug-likeness (QED) is 0.342. The molecular formula is C21H31BrO6Si. The van der Waals surface area contributed by atoms with Gasteiger partial charge in [-0.2, -0.15) is 0 Å². The fourth-order valence-corrected chi connectivity index (χ4v) is 4.96. The summed E-state index contributed by atoms with van der Waals surface area (Å²) in [6.45, 7) is 13.8. The van der Waals surface area contributed by atoms with Crippen molar-refractivity contribution in [2.24, 2.45) is 0 Å². The molecule has 1 heterocycles. The molecule has 0 aromatic heterocycles. The lowest BCUT2D eigenvalue weighted by molar-refractivity contribution is -0.233. The Morgan fingerprint density at radius 2 is 1.66 bits per heavy atom. The number of esters is 2. The minimum atomic E-state index is -2.22. The Morgan fingerprint density at radius 3 is 2.17 bits per heavy atom.